The highest BCUT2D eigenvalue weighted by atomic mass is 35.5. The Hall–Kier alpha value is -3.56. The zero-order chi connectivity index (χ0) is 32.6. The van der Waals surface area contributed by atoms with Crippen LogP contribution in [-0.4, -0.2) is 44.3 Å². The molecule has 2 amide bonds. The SMILES string of the molecule is CCCNC(=O)[C@H](Cc1ccccc1)N(Cc1c(Cl)cccc1Cl)C(=O)CN(c1ccc(C)c(Cl)c1)S(=O)(=O)c1ccccc1. The van der Waals surface area contributed by atoms with Gasteiger partial charge in [-0.25, -0.2) is 8.42 Å². The quantitative estimate of drug-likeness (QED) is 0.160. The molecule has 45 heavy (non-hydrogen) atoms. The Morgan fingerprint density at radius 2 is 1.44 bits per heavy atom. The lowest BCUT2D eigenvalue weighted by Crippen LogP contribution is -2.53. The van der Waals surface area contributed by atoms with E-state index in [0.29, 0.717) is 33.6 Å². The van der Waals surface area contributed by atoms with E-state index in [1.165, 1.54) is 23.1 Å². The van der Waals surface area contributed by atoms with Crippen LogP contribution in [0.4, 0.5) is 5.69 Å². The molecule has 0 saturated carbocycles. The number of carbonyl (C=O) groups is 2. The number of hydrogen-bond acceptors (Lipinski definition) is 4. The van der Waals surface area contributed by atoms with Gasteiger partial charge in [-0.15, -0.1) is 0 Å². The molecule has 0 aliphatic rings. The number of hydrogen-bond donors (Lipinski definition) is 1. The zero-order valence-electron chi connectivity index (χ0n) is 24.9. The van der Waals surface area contributed by atoms with Gasteiger partial charge in [0.2, 0.25) is 11.8 Å². The van der Waals surface area contributed by atoms with Crippen LogP contribution in [0.25, 0.3) is 0 Å². The minimum absolute atomic E-state index is 0.00304. The van der Waals surface area contributed by atoms with Crippen molar-refractivity contribution in [2.75, 3.05) is 17.4 Å². The van der Waals surface area contributed by atoms with Gasteiger partial charge >= 0.3 is 0 Å². The van der Waals surface area contributed by atoms with Gasteiger partial charge in [0.25, 0.3) is 10.0 Å². The summed E-state index contributed by atoms with van der Waals surface area (Å²) in [7, 11) is -4.25. The summed E-state index contributed by atoms with van der Waals surface area (Å²) in [5, 5.41) is 3.87. The molecule has 4 rings (SSSR count). The number of benzene rings is 4. The largest absolute Gasteiger partial charge is 0.354 e. The number of rotatable bonds is 13. The van der Waals surface area contributed by atoms with E-state index in [0.717, 1.165) is 15.4 Å². The molecular weight excluding hydrogens is 653 g/mol. The molecule has 0 bridgehead atoms. The molecule has 0 unspecified atom stereocenters. The first-order valence-corrected chi connectivity index (χ1v) is 17.0. The summed E-state index contributed by atoms with van der Waals surface area (Å²) in [6, 6.07) is 25.9. The summed E-state index contributed by atoms with van der Waals surface area (Å²) < 4.78 is 29.2. The van der Waals surface area contributed by atoms with Crippen LogP contribution >= 0.6 is 34.8 Å². The molecule has 0 aromatic heterocycles. The van der Waals surface area contributed by atoms with E-state index in [9.17, 15) is 18.0 Å². The highest BCUT2D eigenvalue weighted by molar-refractivity contribution is 7.92. The first-order valence-electron chi connectivity index (χ1n) is 14.4. The number of anilines is 1. The van der Waals surface area contributed by atoms with Gasteiger partial charge in [0.15, 0.2) is 0 Å². The van der Waals surface area contributed by atoms with E-state index in [1.54, 1.807) is 55.5 Å². The molecule has 1 atom stereocenters. The van der Waals surface area contributed by atoms with Gasteiger partial charge in [0.1, 0.15) is 12.6 Å². The summed E-state index contributed by atoms with van der Waals surface area (Å²) in [6.45, 7) is 3.37. The second-order valence-electron chi connectivity index (χ2n) is 10.5. The van der Waals surface area contributed by atoms with Crippen molar-refractivity contribution < 1.29 is 18.0 Å². The van der Waals surface area contributed by atoms with Crippen molar-refractivity contribution in [2.24, 2.45) is 0 Å². The third-order valence-corrected chi connectivity index (χ3v) is 10.2. The van der Waals surface area contributed by atoms with E-state index < -0.39 is 28.5 Å². The molecule has 7 nitrogen and oxygen atoms in total. The van der Waals surface area contributed by atoms with Crippen molar-refractivity contribution in [3.05, 3.63) is 129 Å². The van der Waals surface area contributed by atoms with Crippen LogP contribution in [0, 0.1) is 6.92 Å². The second-order valence-corrected chi connectivity index (χ2v) is 13.6. The van der Waals surface area contributed by atoms with Crippen LogP contribution in [0.3, 0.4) is 0 Å². The van der Waals surface area contributed by atoms with Crippen molar-refractivity contribution in [3.8, 4) is 0 Å². The number of halogens is 3. The Morgan fingerprint density at radius 3 is 2.04 bits per heavy atom. The van der Waals surface area contributed by atoms with Gasteiger partial charge < -0.3 is 10.2 Å². The van der Waals surface area contributed by atoms with Crippen LogP contribution in [0.15, 0.2) is 102 Å². The highest BCUT2D eigenvalue weighted by Gasteiger charge is 2.35. The van der Waals surface area contributed by atoms with Gasteiger partial charge in [0.05, 0.1) is 10.6 Å². The standard InChI is InChI=1S/C34H34Cl3N3O4S/c1-3-19-38-34(42)32(20-25-11-6-4-7-12-25)39(22-28-29(35)15-10-16-30(28)36)33(41)23-40(26-18-17-24(2)31(37)21-26)45(43,44)27-13-8-5-9-14-27/h4-18,21,32H,3,19-20,22-23H2,1-2H3,(H,38,42)/t32-/m0/s1. The maximum absolute atomic E-state index is 14.5. The minimum atomic E-state index is -4.25. The minimum Gasteiger partial charge on any atom is -0.354 e. The van der Waals surface area contributed by atoms with E-state index in [-0.39, 0.29) is 29.5 Å². The van der Waals surface area contributed by atoms with Crippen LogP contribution in [0.1, 0.15) is 30.0 Å². The summed E-state index contributed by atoms with van der Waals surface area (Å²) in [5.41, 5.74) is 2.20. The average Bonchev–Trinajstić information content (AvgIpc) is 3.03. The van der Waals surface area contributed by atoms with Gasteiger partial charge in [-0.3, -0.25) is 13.9 Å². The van der Waals surface area contributed by atoms with E-state index in [2.05, 4.69) is 5.32 Å². The number of carbonyl (C=O) groups excluding carboxylic acids is 2. The summed E-state index contributed by atoms with van der Waals surface area (Å²) >= 11 is 19.5. The van der Waals surface area contributed by atoms with E-state index >= 15 is 0 Å². The molecule has 0 aliphatic heterocycles. The fourth-order valence-corrected chi connectivity index (χ4v) is 6.88. The molecule has 0 aliphatic carbocycles. The van der Waals surface area contributed by atoms with Crippen molar-refractivity contribution in [1.82, 2.24) is 10.2 Å². The third-order valence-electron chi connectivity index (χ3n) is 7.26. The molecule has 1 N–H and O–H groups in total. The number of aryl methyl sites for hydroxylation is 1. The van der Waals surface area contributed by atoms with Crippen molar-refractivity contribution >= 4 is 62.3 Å². The van der Waals surface area contributed by atoms with Crippen LogP contribution < -0.4 is 9.62 Å². The molecule has 0 saturated heterocycles. The number of amides is 2. The molecule has 0 heterocycles. The lowest BCUT2D eigenvalue weighted by atomic mass is 10.0. The zero-order valence-corrected chi connectivity index (χ0v) is 28.0. The monoisotopic (exact) mass is 685 g/mol. The Morgan fingerprint density at radius 1 is 0.822 bits per heavy atom. The normalized spacial score (nSPS) is 11.9. The lowest BCUT2D eigenvalue weighted by molar-refractivity contribution is -0.140. The Bertz CT molecular complexity index is 1720. The smallest absolute Gasteiger partial charge is 0.264 e. The molecule has 0 radical (unpaired) electrons. The molecule has 0 fully saturated rings. The van der Waals surface area contributed by atoms with Crippen molar-refractivity contribution in [1.29, 1.82) is 0 Å². The predicted octanol–water partition coefficient (Wildman–Crippen LogP) is 7.32. The topological polar surface area (TPSA) is 86.8 Å². The molecule has 4 aromatic carbocycles. The summed E-state index contributed by atoms with van der Waals surface area (Å²) in [5.74, 6) is -1.01. The fraction of sp³-hybridized carbons (Fsp3) is 0.235. The maximum atomic E-state index is 14.5. The van der Waals surface area contributed by atoms with E-state index in [4.69, 9.17) is 34.8 Å². The maximum Gasteiger partial charge on any atom is 0.264 e. The van der Waals surface area contributed by atoms with Crippen LogP contribution in [0.5, 0.6) is 0 Å². The molecule has 11 heteroatoms. The Balaban J connectivity index is 1.84. The number of nitrogens with one attached hydrogen (secondary N) is 1. The van der Waals surface area contributed by atoms with Crippen LogP contribution in [0.2, 0.25) is 15.1 Å². The first kappa shape index (κ1) is 34.3. The molecular formula is C34H34Cl3N3O4S. The Labute approximate surface area is 279 Å². The van der Waals surface area contributed by atoms with Gasteiger partial charge in [-0.05, 0) is 60.9 Å². The Kier molecular flexibility index (Phi) is 11.9. The van der Waals surface area contributed by atoms with Gasteiger partial charge in [-0.2, -0.15) is 0 Å². The highest BCUT2D eigenvalue weighted by Crippen LogP contribution is 2.30. The predicted molar refractivity (Wildman–Crippen MR) is 181 cm³/mol. The second kappa shape index (κ2) is 15.6. The lowest BCUT2D eigenvalue weighted by Gasteiger charge is -2.34. The molecule has 236 valence electrons. The first-order chi connectivity index (χ1) is 21.5. The summed E-state index contributed by atoms with van der Waals surface area (Å²) in [4.78, 5) is 29.6. The van der Waals surface area contributed by atoms with Crippen LogP contribution in [-0.2, 0) is 32.6 Å². The fourth-order valence-electron chi connectivity index (χ4n) is 4.76. The van der Waals surface area contributed by atoms with Gasteiger partial charge in [-0.1, -0.05) is 102 Å². The summed E-state index contributed by atoms with van der Waals surface area (Å²) in [6.07, 6.45) is 0.858. The van der Waals surface area contributed by atoms with E-state index in [1.807, 2.05) is 37.3 Å². The third kappa shape index (κ3) is 8.58. The van der Waals surface area contributed by atoms with Crippen molar-refractivity contribution in [2.45, 2.75) is 44.2 Å². The van der Waals surface area contributed by atoms with Crippen molar-refractivity contribution in [3.63, 3.8) is 0 Å². The number of nitrogens with zero attached hydrogens (tertiary/aromatic N) is 2. The average molecular weight is 687 g/mol. The molecule has 4 aromatic rings. The number of sulfonamides is 1. The van der Waals surface area contributed by atoms with Gasteiger partial charge in [0, 0.05) is 40.1 Å². The molecule has 0 spiro atoms.